The maximum atomic E-state index is 14.5. The lowest BCUT2D eigenvalue weighted by atomic mass is 9.99. The summed E-state index contributed by atoms with van der Waals surface area (Å²) in [5.74, 6) is 1.93. The van der Waals surface area contributed by atoms with Crippen LogP contribution in [0.4, 0.5) is 4.39 Å². The average molecular weight is 1180 g/mol. The molecule has 428 valence electrons. The molecule has 0 N–H and O–H groups in total. The van der Waals surface area contributed by atoms with E-state index in [0.29, 0.717) is 62.6 Å². The van der Waals surface area contributed by atoms with Crippen LogP contribution in [0, 0.1) is 28.5 Å². The molecule has 3 heterocycles. The van der Waals surface area contributed by atoms with Gasteiger partial charge in [0.1, 0.15) is 5.82 Å². The molecule has 16 rings (SSSR count). The van der Waals surface area contributed by atoms with Gasteiger partial charge in [-0.1, -0.05) is 255 Å². The minimum atomic E-state index is -0.488. The van der Waals surface area contributed by atoms with Crippen LogP contribution in [0.1, 0.15) is 36.0 Å². The average Bonchev–Trinajstić information content (AvgIpc) is 1.61. The highest BCUT2D eigenvalue weighted by molar-refractivity contribution is 6.10. The van der Waals surface area contributed by atoms with E-state index in [1.807, 2.05) is 205 Å². The van der Waals surface area contributed by atoms with Crippen molar-refractivity contribution in [1.82, 2.24) is 34.5 Å². The van der Waals surface area contributed by atoms with Gasteiger partial charge in [0.25, 0.3) is 0 Å². The van der Waals surface area contributed by atoms with Gasteiger partial charge in [0.05, 0.1) is 59.3 Å². The van der Waals surface area contributed by atoms with E-state index in [0.717, 1.165) is 61.6 Å². The predicted octanol–water partition coefficient (Wildman–Crippen LogP) is 19.3. The molecule has 0 saturated heterocycles. The SMILES string of the molecule is N#Cc1ccc(F)c(-c2nc(-c3ccccc3)nc(-c3ccccc3)n2)c1.[2H]c1c([2H])c([2H])c(-c2ccc3c(c2)Cc2ccccc2-3)c([2H])c1[2H].[2H]c1c([2H])c([2H])c(-c2ccc3c4ccccc4n(-c4ccc(C#N)cc4-c4nc(-c5ccccc5)nc(-c5ccccc5)n4)c3c2)c([2H])c1[2H]. The number of aromatic nitrogens is 7. The Labute approximate surface area is 539 Å². The minimum Gasteiger partial charge on any atom is -0.308 e. The van der Waals surface area contributed by atoms with Crippen LogP contribution in [0.5, 0.6) is 0 Å². The molecule has 0 aliphatic heterocycles. The largest absolute Gasteiger partial charge is 0.308 e. The van der Waals surface area contributed by atoms with Gasteiger partial charge in [0, 0.05) is 38.6 Å². The summed E-state index contributed by atoms with van der Waals surface area (Å²) in [5.41, 5.74) is 13.3. The quantitative estimate of drug-likeness (QED) is 0.140. The molecule has 0 fully saturated rings. The Morgan fingerprint density at radius 2 is 0.758 bits per heavy atom. The maximum absolute atomic E-state index is 14.5. The second-order valence-electron chi connectivity index (χ2n) is 21.0. The van der Waals surface area contributed by atoms with Gasteiger partial charge in [0.2, 0.25) is 0 Å². The zero-order valence-electron chi connectivity index (χ0n) is 58.2. The van der Waals surface area contributed by atoms with Crippen LogP contribution in [0.25, 0.3) is 129 Å². The summed E-state index contributed by atoms with van der Waals surface area (Å²) in [7, 11) is 0. The lowest BCUT2D eigenvalue weighted by Gasteiger charge is -2.15. The fourth-order valence-corrected chi connectivity index (χ4v) is 11.1. The molecule has 9 nitrogen and oxygen atoms in total. The van der Waals surface area contributed by atoms with E-state index in [2.05, 4.69) is 33.2 Å². The molecule has 10 heteroatoms. The van der Waals surface area contributed by atoms with Crippen molar-refractivity contribution < 1.29 is 18.1 Å². The van der Waals surface area contributed by atoms with E-state index in [4.69, 9.17) is 33.9 Å². The van der Waals surface area contributed by atoms with E-state index in [9.17, 15) is 9.65 Å². The molecule has 0 radical (unpaired) electrons. The molecular formula is C81H52FN9. The van der Waals surface area contributed by atoms with Crippen LogP contribution in [-0.4, -0.2) is 34.5 Å². The molecule has 1 aliphatic rings. The smallest absolute Gasteiger partial charge is 0.167 e. The highest BCUT2D eigenvalue weighted by Gasteiger charge is 2.22. The summed E-state index contributed by atoms with van der Waals surface area (Å²) in [6.07, 6.45) is 0.804. The Balaban J connectivity index is 0.000000142. The van der Waals surface area contributed by atoms with Crippen molar-refractivity contribution in [1.29, 1.82) is 10.5 Å². The summed E-state index contributed by atoms with van der Waals surface area (Å²) >= 11 is 0. The fourth-order valence-electron chi connectivity index (χ4n) is 11.1. The number of hydrogen-bond acceptors (Lipinski definition) is 8. The van der Waals surface area contributed by atoms with Crippen molar-refractivity contribution in [3.05, 3.63) is 331 Å². The number of nitrogens with zero attached hydrogens (tertiary/aromatic N) is 9. The number of halogens is 1. The van der Waals surface area contributed by atoms with Gasteiger partial charge in [-0.3, -0.25) is 0 Å². The topological polar surface area (TPSA) is 130 Å². The summed E-state index contributed by atoms with van der Waals surface area (Å²) in [6, 6.07) is 76.4. The summed E-state index contributed by atoms with van der Waals surface area (Å²) < 4.78 is 98.1. The van der Waals surface area contributed by atoms with Gasteiger partial charge in [-0.2, -0.15) is 10.5 Å². The molecule has 3 aromatic heterocycles. The van der Waals surface area contributed by atoms with Gasteiger partial charge in [-0.05, 0) is 99.5 Å². The molecule has 0 atom stereocenters. The Morgan fingerprint density at radius 1 is 0.330 bits per heavy atom. The molecule has 91 heavy (non-hydrogen) atoms. The Bertz CT molecular complexity index is 5700. The normalized spacial score (nSPS) is 12.6. The zero-order chi connectivity index (χ0) is 70.2. The third-order valence-electron chi connectivity index (χ3n) is 15.4. The van der Waals surface area contributed by atoms with Crippen molar-refractivity contribution in [2.75, 3.05) is 0 Å². The fraction of sp³-hybridized carbons (Fsp3) is 0.0123. The highest BCUT2D eigenvalue weighted by Crippen LogP contribution is 2.41. The first kappa shape index (κ1) is 45.7. The summed E-state index contributed by atoms with van der Waals surface area (Å²) in [5, 5.41) is 21.0. The first-order valence-corrected chi connectivity index (χ1v) is 28.9. The monoisotopic (exact) mass is 1180 g/mol. The van der Waals surface area contributed by atoms with E-state index in [-0.39, 0.29) is 64.8 Å². The molecule has 12 aromatic carbocycles. The van der Waals surface area contributed by atoms with Crippen LogP contribution >= 0.6 is 0 Å². The predicted molar refractivity (Wildman–Crippen MR) is 362 cm³/mol. The number of fused-ring (bicyclic) bond motifs is 6. The van der Waals surface area contributed by atoms with Gasteiger partial charge < -0.3 is 4.57 Å². The van der Waals surface area contributed by atoms with Crippen molar-refractivity contribution in [2.24, 2.45) is 0 Å². The Morgan fingerprint density at radius 3 is 1.31 bits per heavy atom. The van der Waals surface area contributed by atoms with Gasteiger partial charge in [-0.25, -0.2) is 34.3 Å². The van der Waals surface area contributed by atoms with Crippen LogP contribution in [-0.2, 0) is 6.42 Å². The van der Waals surface area contributed by atoms with Crippen molar-refractivity contribution in [3.8, 4) is 120 Å². The molecule has 0 unspecified atom stereocenters. The summed E-state index contributed by atoms with van der Waals surface area (Å²) in [4.78, 5) is 28.3. The third kappa shape index (κ3) is 11.8. The lowest BCUT2D eigenvalue weighted by molar-refractivity contribution is 0.629. The first-order valence-electron chi connectivity index (χ1n) is 33.9. The second kappa shape index (κ2) is 25.4. The number of hydrogen-bond donors (Lipinski definition) is 0. The molecule has 0 spiro atoms. The minimum absolute atomic E-state index is 0.118. The molecule has 0 bridgehead atoms. The van der Waals surface area contributed by atoms with Gasteiger partial charge >= 0.3 is 0 Å². The lowest BCUT2D eigenvalue weighted by Crippen LogP contribution is -2.04. The maximum Gasteiger partial charge on any atom is 0.167 e. The van der Waals surface area contributed by atoms with Gasteiger partial charge in [0.15, 0.2) is 34.9 Å². The van der Waals surface area contributed by atoms with Gasteiger partial charge in [-0.15, -0.1) is 0 Å². The van der Waals surface area contributed by atoms with E-state index in [1.54, 1.807) is 18.2 Å². The molecule has 1 aliphatic carbocycles. The standard InChI is InChI=1S/C40H25N5.C22H13FN4.C19H14/c41-26-27-20-23-36(45-35-19-11-10-18-32(35)33-22-21-31(25-37(33)45)28-12-4-1-5-13-28)34(24-27)40-43-38(29-14-6-2-7-15-29)42-39(44-40)30-16-8-3-9-17-30;23-19-12-11-15(14-24)13-18(19)22-26-20(16-7-3-1-4-8-16)25-21(27-22)17-9-5-2-6-10-17;1-2-6-14(7-3-1)15-10-11-19-17(12-15)13-16-8-4-5-9-18(16)19/h1-25H;1-13H;1-12H,13H2/i1D,4D,5D,12D,13D;;1D,2D,3D,6D,7D. The Hall–Kier alpha value is -12.6. The van der Waals surface area contributed by atoms with Crippen molar-refractivity contribution >= 4 is 21.8 Å². The van der Waals surface area contributed by atoms with Crippen LogP contribution < -0.4 is 0 Å². The summed E-state index contributed by atoms with van der Waals surface area (Å²) in [6.45, 7) is 0. The zero-order valence-corrected chi connectivity index (χ0v) is 48.2. The van der Waals surface area contributed by atoms with Crippen LogP contribution in [0.3, 0.4) is 0 Å². The first-order chi connectivity index (χ1) is 49.1. The van der Waals surface area contributed by atoms with Crippen molar-refractivity contribution in [2.45, 2.75) is 6.42 Å². The molecular weight excluding hydrogens is 1120 g/mol. The number of para-hydroxylation sites is 1. The molecule has 0 saturated carbocycles. The third-order valence-corrected chi connectivity index (χ3v) is 15.4. The number of benzene rings is 12. The van der Waals surface area contributed by atoms with E-state index >= 15 is 0 Å². The van der Waals surface area contributed by atoms with Crippen LogP contribution in [0.15, 0.2) is 303 Å². The van der Waals surface area contributed by atoms with Crippen LogP contribution in [0.2, 0.25) is 0 Å². The second-order valence-corrected chi connectivity index (χ2v) is 21.0. The number of rotatable bonds is 9. The highest BCUT2D eigenvalue weighted by atomic mass is 19.1. The molecule has 15 aromatic rings. The molecule has 0 amide bonds. The van der Waals surface area contributed by atoms with Crippen molar-refractivity contribution in [3.63, 3.8) is 0 Å². The van der Waals surface area contributed by atoms with E-state index in [1.165, 1.54) is 29.3 Å². The number of nitriles is 2. The van der Waals surface area contributed by atoms with E-state index < -0.39 is 23.9 Å². The Kier molecular flexibility index (Phi) is 12.7.